The van der Waals surface area contributed by atoms with Crippen molar-refractivity contribution in [3.05, 3.63) is 28.2 Å². The molecule has 96 valence electrons. The Morgan fingerprint density at radius 1 is 1.11 bits per heavy atom. The van der Waals surface area contributed by atoms with Gasteiger partial charge in [-0.25, -0.2) is 0 Å². The zero-order valence-electron chi connectivity index (χ0n) is 10.5. The van der Waals surface area contributed by atoms with Crippen molar-refractivity contribution in [1.82, 2.24) is 0 Å². The highest BCUT2D eigenvalue weighted by Gasteiger charge is 2.31. The highest BCUT2D eigenvalue weighted by molar-refractivity contribution is 9.10. The zero-order valence-corrected chi connectivity index (χ0v) is 12.1. The third-order valence-electron chi connectivity index (χ3n) is 4.12. The third-order valence-corrected chi connectivity index (χ3v) is 4.61. The molecule has 0 aromatic heterocycles. The van der Waals surface area contributed by atoms with Crippen LogP contribution in [0, 0.1) is 0 Å². The van der Waals surface area contributed by atoms with Gasteiger partial charge < -0.3 is 4.90 Å². The Bertz CT molecular complexity index is 466. The van der Waals surface area contributed by atoms with Gasteiger partial charge in [0.25, 0.3) is 0 Å². The van der Waals surface area contributed by atoms with Crippen molar-refractivity contribution in [3.63, 3.8) is 0 Å². The molecule has 1 aromatic rings. The van der Waals surface area contributed by atoms with Crippen molar-refractivity contribution in [2.75, 3.05) is 4.90 Å². The van der Waals surface area contributed by atoms with Crippen LogP contribution in [0.2, 0.25) is 0 Å². The molecule has 0 radical (unpaired) electrons. The fourth-order valence-corrected chi connectivity index (χ4v) is 3.63. The van der Waals surface area contributed by atoms with E-state index in [1.165, 1.54) is 37.7 Å². The number of hydrogen-bond acceptors (Lipinski definition) is 1. The largest absolute Gasteiger partial charge is 0.309 e. The normalized spacial score (nSPS) is 20.9. The predicted octanol–water partition coefficient (Wildman–Crippen LogP) is 4.06. The van der Waals surface area contributed by atoms with Gasteiger partial charge in [-0.2, -0.15) is 0 Å². The number of carbonyl (C=O) groups excluding carboxylic acids is 1. The maximum absolute atomic E-state index is 12.3. The summed E-state index contributed by atoms with van der Waals surface area (Å²) in [5.74, 6) is 0.316. The van der Waals surface area contributed by atoms with E-state index in [2.05, 4.69) is 33.0 Å². The molecule has 0 bridgehead atoms. The van der Waals surface area contributed by atoms with E-state index in [4.69, 9.17) is 0 Å². The summed E-state index contributed by atoms with van der Waals surface area (Å²) in [6, 6.07) is 6.75. The second-order valence-electron chi connectivity index (χ2n) is 5.33. The number of rotatable bonds is 1. The molecule has 3 rings (SSSR count). The van der Waals surface area contributed by atoms with Crippen LogP contribution < -0.4 is 4.90 Å². The predicted molar refractivity (Wildman–Crippen MR) is 76.8 cm³/mol. The van der Waals surface area contributed by atoms with Gasteiger partial charge in [0.1, 0.15) is 0 Å². The molecular weight excluding hydrogens is 290 g/mol. The zero-order chi connectivity index (χ0) is 12.5. The minimum Gasteiger partial charge on any atom is -0.309 e. The number of carbonyl (C=O) groups is 1. The van der Waals surface area contributed by atoms with Gasteiger partial charge >= 0.3 is 0 Å². The molecule has 1 heterocycles. The average Bonchev–Trinajstić information content (AvgIpc) is 2.40. The van der Waals surface area contributed by atoms with Crippen LogP contribution in [-0.4, -0.2) is 11.9 Å². The van der Waals surface area contributed by atoms with Gasteiger partial charge in [0, 0.05) is 22.6 Å². The monoisotopic (exact) mass is 307 g/mol. The van der Waals surface area contributed by atoms with Crippen LogP contribution in [0.1, 0.15) is 44.1 Å². The first-order chi connectivity index (χ1) is 8.75. The fraction of sp³-hybridized carbons (Fsp3) is 0.533. The van der Waals surface area contributed by atoms with E-state index in [0.717, 1.165) is 16.6 Å². The Morgan fingerprint density at radius 2 is 1.89 bits per heavy atom. The fourth-order valence-electron chi connectivity index (χ4n) is 3.23. The SMILES string of the molecule is O=C1CCc2cc(Br)ccc2N1C1CCCCC1. The molecule has 1 fully saturated rings. The van der Waals surface area contributed by atoms with Gasteiger partial charge in [0.2, 0.25) is 5.91 Å². The number of hydrogen-bond donors (Lipinski definition) is 0. The van der Waals surface area contributed by atoms with E-state index >= 15 is 0 Å². The molecule has 3 heteroatoms. The van der Waals surface area contributed by atoms with E-state index in [9.17, 15) is 4.79 Å². The van der Waals surface area contributed by atoms with Crippen LogP contribution in [0.4, 0.5) is 5.69 Å². The molecule has 1 saturated carbocycles. The summed E-state index contributed by atoms with van der Waals surface area (Å²) in [7, 11) is 0. The van der Waals surface area contributed by atoms with Crippen LogP contribution >= 0.6 is 15.9 Å². The Kier molecular flexibility index (Phi) is 3.42. The number of anilines is 1. The lowest BCUT2D eigenvalue weighted by Crippen LogP contribution is -2.44. The van der Waals surface area contributed by atoms with E-state index in [1.807, 2.05) is 6.07 Å². The van der Waals surface area contributed by atoms with E-state index in [0.29, 0.717) is 18.4 Å². The lowest BCUT2D eigenvalue weighted by atomic mass is 9.91. The third kappa shape index (κ3) is 2.20. The van der Waals surface area contributed by atoms with Crippen LogP contribution in [0.25, 0.3) is 0 Å². The molecule has 0 N–H and O–H groups in total. The van der Waals surface area contributed by atoms with Crippen LogP contribution in [-0.2, 0) is 11.2 Å². The molecule has 0 saturated heterocycles. The molecule has 2 nitrogen and oxygen atoms in total. The maximum Gasteiger partial charge on any atom is 0.227 e. The van der Waals surface area contributed by atoms with E-state index in [1.54, 1.807) is 0 Å². The van der Waals surface area contributed by atoms with E-state index in [-0.39, 0.29) is 0 Å². The molecular formula is C15H18BrNO. The van der Waals surface area contributed by atoms with Crippen LogP contribution in [0.5, 0.6) is 0 Å². The number of halogens is 1. The molecule has 1 aliphatic heterocycles. The summed E-state index contributed by atoms with van der Waals surface area (Å²) >= 11 is 3.52. The first-order valence-electron chi connectivity index (χ1n) is 6.86. The minimum atomic E-state index is 0.316. The second kappa shape index (κ2) is 5.04. The van der Waals surface area contributed by atoms with Crippen LogP contribution in [0.3, 0.4) is 0 Å². The molecule has 18 heavy (non-hydrogen) atoms. The molecule has 0 spiro atoms. The molecule has 0 atom stereocenters. The van der Waals surface area contributed by atoms with Gasteiger partial charge in [0.15, 0.2) is 0 Å². The minimum absolute atomic E-state index is 0.316. The number of benzene rings is 1. The molecule has 1 amide bonds. The Balaban J connectivity index is 1.95. The first kappa shape index (κ1) is 12.2. The van der Waals surface area contributed by atoms with Gasteiger partial charge in [-0.1, -0.05) is 35.2 Å². The van der Waals surface area contributed by atoms with Gasteiger partial charge in [-0.3, -0.25) is 4.79 Å². The van der Waals surface area contributed by atoms with Gasteiger partial charge in [-0.15, -0.1) is 0 Å². The van der Waals surface area contributed by atoms with Crippen molar-refractivity contribution in [3.8, 4) is 0 Å². The van der Waals surface area contributed by atoms with Crippen molar-refractivity contribution >= 4 is 27.5 Å². The summed E-state index contributed by atoms with van der Waals surface area (Å²) in [5.41, 5.74) is 2.47. The highest BCUT2D eigenvalue weighted by Crippen LogP contribution is 2.35. The summed E-state index contributed by atoms with van der Waals surface area (Å²) in [4.78, 5) is 14.3. The number of fused-ring (bicyclic) bond motifs is 1. The Hall–Kier alpha value is -0.830. The second-order valence-corrected chi connectivity index (χ2v) is 6.24. The lowest BCUT2D eigenvalue weighted by molar-refractivity contribution is -0.119. The first-order valence-corrected chi connectivity index (χ1v) is 7.65. The topological polar surface area (TPSA) is 20.3 Å². The van der Waals surface area contributed by atoms with Crippen molar-refractivity contribution in [2.45, 2.75) is 51.0 Å². The average molecular weight is 308 g/mol. The van der Waals surface area contributed by atoms with Crippen molar-refractivity contribution in [1.29, 1.82) is 0 Å². The quantitative estimate of drug-likeness (QED) is 0.766. The number of nitrogens with zero attached hydrogens (tertiary/aromatic N) is 1. The molecule has 1 aliphatic carbocycles. The Morgan fingerprint density at radius 3 is 2.67 bits per heavy atom. The lowest BCUT2D eigenvalue weighted by Gasteiger charge is -2.38. The maximum atomic E-state index is 12.3. The molecule has 2 aliphatic rings. The summed E-state index contributed by atoms with van der Waals surface area (Å²) < 4.78 is 1.11. The molecule has 1 aromatic carbocycles. The van der Waals surface area contributed by atoms with Crippen LogP contribution in [0.15, 0.2) is 22.7 Å². The van der Waals surface area contributed by atoms with Crippen molar-refractivity contribution < 1.29 is 4.79 Å². The standard InChI is InChI=1S/C15H18BrNO/c16-12-7-8-14-11(10-12)6-9-15(18)17(14)13-4-2-1-3-5-13/h7-8,10,13H,1-6,9H2. The summed E-state index contributed by atoms with van der Waals surface area (Å²) in [6.07, 6.45) is 7.74. The molecule has 0 unspecified atom stereocenters. The summed E-state index contributed by atoms with van der Waals surface area (Å²) in [5, 5.41) is 0. The smallest absolute Gasteiger partial charge is 0.227 e. The van der Waals surface area contributed by atoms with Crippen molar-refractivity contribution in [2.24, 2.45) is 0 Å². The van der Waals surface area contributed by atoms with Gasteiger partial charge in [-0.05, 0) is 43.0 Å². The van der Waals surface area contributed by atoms with E-state index < -0.39 is 0 Å². The highest BCUT2D eigenvalue weighted by atomic mass is 79.9. The van der Waals surface area contributed by atoms with Gasteiger partial charge in [0.05, 0.1) is 0 Å². The Labute approximate surface area is 116 Å². The summed E-state index contributed by atoms with van der Waals surface area (Å²) in [6.45, 7) is 0. The number of aryl methyl sites for hydroxylation is 1. The number of amides is 1.